The zero-order chi connectivity index (χ0) is 12.6. The molecule has 1 aromatic carbocycles. The van der Waals surface area contributed by atoms with Crippen LogP contribution < -0.4 is 0 Å². The Kier molecular flexibility index (Phi) is 2.59. The summed E-state index contributed by atoms with van der Waals surface area (Å²) in [5.41, 5.74) is 0.385. The van der Waals surface area contributed by atoms with Gasteiger partial charge in [-0.2, -0.15) is 0 Å². The second-order valence-corrected chi connectivity index (χ2v) is 3.53. The molecule has 0 saturated carbocycles. The maximum Gasteiger partial charge on any atom is 0.341 e. The minimum absolute atomic E-state index is 0.0379. The van der Waals surface area contributed by atoms with E-state index in [1.807, 2.05) is 0 Å². The normalized spacial score (nSPS) is 10.5. The molecule has 2 aromatic rings. The first kappa shape index (κ1) is 11.2. The van der Waals surface area contributed by atoms with Crippen LogP contribution in [0.15, 0.2) is 22.6 Å². The average molecular weight is 234 g/mol. The molecule has 0 bridgehead atoms. The van der Waals surface area contributed by atoms with Gasteiger partial charge in [-0.05, 0) is 18.2 Å². The molecule has 1 heterocycles. The van der Waals surface area contributed by atoms with Crippen LogP contribution in [0.2, 0.25) is 0 Å². The summed E-state index contributed by atoms with van der Waals surface area (Å²) in [5.74, 6) is -1.00. The fourth-order valence-corrected chi connectivity index (χ4v) is 1.55. The molecule has 1 aromatic heterocycles. The lowest BCUT2D eigenvalue weighted by molar-refractivity contribution is 0.0597. The molecule has 17 heavy (non-hydrogen) atoms. The van der Waals surface area contributed by atoms with Gasteiger partial charge >= 0.3 is 5.97 Å². The van der Waals surface area contributed by atoms with Crippen molar-refractivity contribution >= 4 is 22.7 Å². The van der Waals surface area contributed by atoms with Gasteiger partial charge in [-0.1, -0.05) is 0 Å². The van der Waals surface area contributed by atoms with E-state index in [0.717, 1.165) is 0 Å². The fourth-order valence-electron chi connectivity index (χ4n) is 1.55. The predicted octanol–water partition coefficient (Wildman–Crippen LogP) is 2.13. The summed E-state index contributed by atoms with van der Waals surface area (Å²) in [4.78, 5) is 22.5. The van der Waals surface area contributed by atoms with Crippen molar-refractivity contribution < 1.29 is 23.8 Å². The van der Waals surface area contributed by atoms with Gasteiger partial charge in [-0.25, -0.2) is 4.79 Å². The zero-order valence-corrected chi connectivity index (χ0v) is 9.31. The SMILES string of the molecule is COC(=O)c1ccc2oc(C(C)=O)cc2c1O. The number of hydrogen-bond acceptors (Lipinski definition) is 5. The van der Waals surface area contributed by atoms with E-state index >= 15 is 0 Å². The van der Waals surface area contributed by atoms with Crippen molar-refractivity contribution in [2.75, 3.05) is 7.11 Å². The van der Waals surface area contributed by atoms with E-state index in [9.17, 15) is 14.7 Å². The zero-order valence-electron chi connectivity index (χ0n) is 9.31. The molecule has 0 spiro atoms. The van der Waals surface area contributed by atoms with Crippen LogP contribution in [-0.2, 0) is 4.74 Å². The van der Waals surface area contributed by atoms with Crippen LogP contribution in [-0.4, -0.2) is 24.0 Å². The predicted molar refractivity (Wildman–Crippen MR) is 59.2 cm³/mol. The van der Waals surface area contributed by atoms with E-state index in [-0.39, 0.29) is 22.9 Å². The lowest BCUT2D eigenvalue weighted by Gasteiger charge is -2.02. The molecule has 0 atom stereocenters. The van der Waals surface area contributed by atoms with Crippen molar-refractivity contribution in [3.05, 3.63) is 29.5 Å². The van der Waals surface area contributed by atoms with Gasteiger partial charge in [0.05, 0.1) is 12.5 Å². The third kappa shape index (κ3) is 1.75. The number of esters is 1. The number of ketones is 1. The van der Waals surface area contributed by atoms with E-state index < -0.39 is 5.97 Å². The quantitative estimate of drug-likeness (QED) is 0.636. The molecule has 88 valence electrons. The summed E-state index contributed by atoms with van der Waals surface area (Å²) in [7, 11) is 1.22. The Hall–Kier alpha value is -2.30. The molecule has 0 radical (unpaired) electrons. The number of furan rings is 1. The summed E-state index contributed by atoms with van der Waals surface area (Å²) in [5, 5.41) is 10.2. The highest BCUT2D eigenvalue weighted by Crippen LogP contribution is 2.31. The smallest absolute Gasteiger partial charge is 0.341 e. The Morgan fingerprint density at radius 2 is 2.06 bits per heavy atom. The van der Waals surface area contributed by atoms with Crippen LogP contribution in [0.5, 0.6) is 5.75 Å². The highest BCUT2D eigenvalue weighted by Gasteiger charge is 2.17. The molecule has 5 heteroatoms. The molecule has 5 nitrogen and oxygen atoms in total. The van der Waals surface area contributed by atoms with Crippen LogP contribution in [0.4, 0.5) is 0 Å². The van der Waals surface area contributed by atoms with Gasteiger partial charge in [0.1, 0.15) is 16.9 Å². The van der Waals surface area contributed by atoms with E-state index in [4.69, 9.17) is 4.42 Å². The van der Waals surface area contributed by atoms with Crippen LogP contribution in [0.25, 0.3) is 11.0 Å². The number of ether oxygens (including phenoxy) is 1. The summed E-state index contributed by atoms with van der Waals surface area (Å²) >= 11 is 0. The highest BCUT2D eigenvalue weighted by atomic mass is 16.5. The van der Waals surface area contributed by atoms with Crippen molar-refractivity contribution in [2.45, 2.75) is 6.92 Å². The third-order valence-corrected chi connectivity index (χ3v) is 2.42. The molecule has 0 aliphatic heterocycles. The molecule has 0 aliphatic carbocycles. The van der Waals surface area contributed by atoms with Crippen LogP contribution in [0.1, 0.15) is 27.8 Å². The number of hydrogen-bond donors (Lipinski definition) is 1. The maximum atomic E-state index is 11.3. The molecule has 0 amide bonds. The molecule has 0 fully saturated rings. The maximum absolute atomic E-state index is 11.3. The third-order valence-electron chi connectivity index (χ3n) is 2.42. The minimum atomic E-state index is -0.644. The fraction of sp³-hybridized carbons (Fsp3) is 0.167. The minimum Gasteiger partial charge on any atom is -0.506 e. The molecular formula is C12H10O5. The molecule has 0 unspecified atom stereocenters. The van der Waals surface area contributed by atoms with Crippen molar-refractivity contribution in [2.24, 2.45) is 0 Å². The van der Waals surface area contributed by atoms with Gasteiger partial charge in [0.2, 0.25) is 0 Å². The molecule has 0 aliphatic rings. The lowest BCUT2D eigenvalue weighted by atomic mass is 10.1. The second-order valence-electron chi connectivity index (χ2n) is 3.53. The lowest BCUT2D eigenvalue weighted by Crippen LogP contribution is -2.01. The molecule has 1 N–H and O–H groups in total. The van der Waals surface area contributed by atoms with E-state index in [1.54, 1.807) is 0 Å². The number of aromatic hydroxyl groups is 1. The standard InChI is InChI=1S/C12H10O5/c1-6(13)10-5-8-9(17-10)4-3-7(11(8)14)12(15)16-2/h3-5,14H,1-2H3. The largest absolute Gasteiger partial charge is 0.506 e. The average Bonchev–Trinajstić information content (AvgIpc) is 2.73. The first-order valence-electron chi connectivity index (χ1n) is 4.89. The summed E-state index contributed by atoms with van der Waals surface area (Å²) in [6.45, 7) is 1.36. The van der Waals surface area contributed by atoms with Gasteiger partial charge in [0.25, 0.3) is 0 Å². The summed E-state index contributed by atoms with van der Waals surface area (Å²) in [6.07, 6.45) is 0. The first-order chi connectivity index (χ1) is 8.04. The number of fused-ring (bicyclic) bond motifs is 1. The number of Topliss-reactive ketones (excluding diaryl/α,β-unsaturated/α-hetero) is 1. The molecule has 2 rings (SSSR count). The Bertz CT molecular complexity index is 609. The van der Waals surface area contributed by atoms with Gasteiger partial charge in [0.15, 0.2) is 11.5 Å². The van der Waals surface area contributed by atoms with Crippen molar-refractivity contribution in [1.82, 2.24) is 0 Å². The number of rotatable bonds is 2. The number of phenolic OH excluding ortho intramolecular Hbond substituents is 1. The Morgan fingerprint density at radius 3 is 2.65 bits per heavy atom. The molecule has 0 saturated heterocycles. The van der Waals surface area contributed by atoms with Crippen molar-refractivity contribution in [1.29, 1.82) is 0 Å². The number of carbonyl (C=O) groups is 2. The van der Waals surface area contributed by atoms with Crippen molar-refractivity contribution in [3.8, 4) is 5.75 Å². The molecular weight excluding hydrogens is 224 g/mol. The number of carbonyl (C=O) groups excluding carboxylic acids is 2. The number of methoxy groups -OCH3 is 1. The Balaban J connectivity index is 2.67. The Morgan fingerprint density at radius 1 is 1.35 bits per heavy atom. The topological polar surface area (TPSA) is 76.7 Å². The van der Waals surface area contributed by atoms with Gasteiger partial charge in [-0.3, -0.25) is 4.79 Å². The van der Waals surface area contributed by atoms with Crippen molar-refractivity contribution in [3.63, 3.8) is 0 Å². The van der Waals surface area contributed by atoms with E-state index in [1.165, 1.54) is 32.2 Å². The summed E-state index contributed by atoms with van der Waals surface area (Å²) in [6, 6.07) is 4.30. The van der Waals surface area contributed by atoms with E-state index in [0.29, 0.717) is 11.0 Å². The van der Waals surface area contributed by atoms with Crippen LogP contribution >= 0.6 is 0 Å². The van der Waals surface area contributed by atoms with Crippen LogP contribution in [0.3, 0.4) is 0 Å². The van der Waals surface area contributed by atoms with Gasteiger partial charge in [0, 0.05) is 6.92 Å². The van der Waals surface area contributed by atoms with Crippen LogP contribution in [0, 0.1) is 0 Å². The monoisotopic (exact) mass is 234 g/mol. The second kappa shape index (κ2) is 3.93. The number of phenols is 1. The van der Waals surface area contributed by atoms with Gasteiger partial charge in [-0.15, -0.1) is 0 Å². The summed E-state index contributed by atoms with van der Waals surface area (Å²) < 4.78 is 9.74. The highest BCUT2D eigenvalue weighted by molar-refractivity contribution is 6.02. The van der Waals surface area contributed by atoms with E-state index in [2.05, 4.69) is 4.74 Å². The first-order valence-corrected chi connectivity index (χ1v) is 4.89. The Labute approximate surface area is 96.6 Å². The number of benzene rings is 1. The van der Waals surface area contributed by atoms with Gasteiger partial charge < -0.3 is 14.3 Å².